The molecule has 0 radical (unpaired) electrons. The molecule has 0 aromatic rings. The van der Waals surface area contributed by atoms with E-state index < -0.39 is 29.7 Å². The maximum Gasteiger partial charge on any atom is 0.408 e. The molecule has 126 valence electrons. The van der Waals surface area contributed by atoms with Gasteiger partial charge in [-0.1, -0.05) is 6.08 Å². The Hall–Kier alpha value is -2.05. The van der Waals surface area contributed by atoms with E-state index in [4.69, 9.17) is 9.47 Å². The van der Waals surface area contributed by atoms with Crippen molar-refractivity contribution in [2.24, 2.45) is 0 Å². The maximum atomic E-state index is 11.7. The van der Waals surface area contributed by atoms with Gasteiger partial charge in [-0.3, -0.25) is 0 Å². The Bertz CT molecular complexity index is 411. The molecule has 0 aromatic heterocycles. The number of ether oxygens (including phenoxy) is 3. The monoisotopic (exact) mass is 315 g/mol. The smallest absolute Gasteiger partial charge is 0.408 e. The highest BCUT2D eigenvalue weighted by Crippen LogP contribution is 2.08. The first-order valence-electron chi connectivity index (χ1n) is 7.10. The third kappa shape index (κ3) is 9.79. The zero-order chi connectivity index (χ0) is 17.2. The molecule has 0 aliphatic carbocycles. The molecule has 22 heavy (non-hydrogen) atoms. The minimum Gasteiger partial charge on any atom is -0.467 e. The Balaban J connectivity index is 4.45. The SMILES string of the molecule is CCOC(=O)/C=C/CC[C@H](NC(=O)OC(C)(C)C)C(=O)OC. The van der Waals surface area contributed by atoms with Crippen molar-refractivity contribution >= 4 is 18.0 Å². The summed E-state index contributed by atoms with van der Waals surface area (Å²) in [5.41, 5.74) is -0.658. The van der Waals surface area contributed by atoms with Crippen LogP contribution in [0.4, 0.5) is 4.79 Å². The van der Waals surface area contributed by atoms with Crippen LogP contribution in [-0.4, -0.2) is 43.4 Å². The van der Waals surface area contributed by atoms with Crippen LogP contribution in [0.1, 0.15) is 40.5 Å². The summed E-state index contributed by atoms with van der Waals surface area (Å²) in [6.07, 6.45) is 2.84. The quantitative estimate of drug-likeness (QED) is 0.439. The zero-order valence-electron chi connectivity index (χ0n) is 13.8. The van der Waals surface area contributed by atoms with E-state index in [9.17, 15) is 14.4 Å². The lowest BCUT2D eigenvalue weighted by Gasteiger charge is -2.22. The molecular weight excluding hydrogens is 290 g/mol. The van der Waals surface area contributed by atoms with Crippen LogP contribution in [0.25, 0.3) is 0 Å². The van der Waals surface area contributed by atoms with Crippen molar-refractivity contribution in [1.82, 2.24) is 5.32 Å². The van der Waals surface area contributed by atoms with Crippen LogP contribution >= 0.6 is 0 Å². The molecule has 1 N–H and O–H groups in total. The van der Waals surface area contributed by atoms with Crippen molar-refractivity contribution in [1.29, 1.82) is 0 Å². The molecule has 0 heterocycles. The Morgan fingerprint density at radius 1 is 1.23 bits per heavy atom. The van der Waals surface area contributed by atoms with Gasteiger partial charge in [-0.05, 0) is 40.5 Å². The maximum absolute atomic E-state index is 11.7. The van der Waals surface area contributed by atoms with E-state index in [1.165, 1.54) is 13.2 Å². The van der Waals surface area contributed by atoms with Crippen molar-refractivity contribution in [3.8, 4) is 0 Å². The van der Waals surface area contributed by atoms with Gasteiger partial charge in [0.15, 0.2) is 0 Å². The number of rotatable bonds is 7. The van der Waals surface area contributed by atoms with Crippen LogP contribution < -0.4 is 5.32 Å². The van der Waals surface area contributed by atoms with Crippen LogP contribution in [0.15, 0.2) is 12.2 Å². The molecule has 0 saturated heterocycles. The normalized spacial score (nSPS) is 12.6. The van der Waals surface area contributed by atoms with E-state index in [1.54, 1.807) is 33.8 Å². The molecule has 0 aromatic carbocycles. The van der Waals surface area contributed by atoms with Gasteiger partial charge in [0.1, 0.15) is 11.6 Å². The minimum atomic E-state index is -0.841. The summed E-state index contributed by atoms with van der Waals surface area (Å²) in [5.74, 6) is -1.02. The summed E-state index contributed by atoms with van der Waals surface area (Å²) in [6, 6.07) is -0.841. The number of carbonyl (C=O) groups excluding carboxylic acids is 3. The summed E-state index contributed by atoms with van der Waals surface area (Å²) in [6.45, 7) is 7.18. The van der Waals surface area contributed by atoms with Gasteiger partial charge in [-0.25, -0.2) is 14.4 Å². The van der Waals surface area contributed by atoms with Crippen molar-refractivity contribution in [3.05, 3.63) is 12.2 Å². The third-order valence-electron chi connectivity index (χ3n) is 2.34. The third-order valence-corrected chi connectivity index (χ3v) is 2.34. The Morgan fingerprint density at radius 2 is 1.86 bits per heavy atom. The van der Waals surface area contributed by atoms with Crippen LogP contribution in [0.3, 0.4) is 0 Å². The first-order valence-corrected chi connectivity index (χ1v) is 7.10. The minimum absolute atomic E-state index is 0.280. The lowest BCUT2D eigenvalue weighted by atomic mass is 10.1. The summed E-state index contributed by atoms with van der Waals surface area (Å²) < 4.78 is 14.5. The fourth-order valence-electron chi connectivity index (χ4n) is 1.47. The number of hydrogen-bond acceptors (Lipinski definition) is 6. The summed E-state index contributed by atoms with van der Waals surface area (Å²) >= 11 is 0. The second-order valence-electron chi connectivity index (χ2n) is 5.45. The van der Waals surface area contributed by atoms with Crippen molar-refractivity contribution in [3.63, 3.8) is 0 Å². The number of amides is 1. The van der Waals surface area contributed by atoms with Crippen molar-refractivity contribution in [2.45, 2.75) is 52.2 Å². The van der Waals surface area contributed by atoms with Gasteiger partial charge in [0.25, 0.3) is 0 Å². The fourth-order valence-corrected chi connectivity index (χ4v) is 1.47. The van der Waals surface area contributed by atoms with Gasteiger partial charge in [0.05, 0.1) is 13.7 Å². The predicted octanol–water partition coefficient (Wildman–Crippen LogP) is 1.95. The Kier molecular flexibility index (Phi) is 8.89. The molecule has 1 amide bonds. The van der Waals surface area contributed by atoms with Gasteiger partial charge in [0.2, 0.25) is 0 Å². The van der Waals surface area contributed by atoms with Gasteiger partial charge in [-0.15, -0.1) is 0 Å². The van der Waals surface area contributed by atoms with Crippen LogP contribution in [0.5, 0.6) is 0 Å². The molecule has 0 spiro atoms. The molecule has 0 aliphatic rings. The van der Waals surface area contributed by atoms with Gasteiger partial charge in [-0.2, -0.15) is 0 Å². The molecule has 7 nitrogen and oxygen atoms in total. The zero-order valence-corrected chi connectivity index (χ0v) is 13.8. The number of esters is 2. The standard InChI is InChI=1S/C15H25NO6/c1-6-21-12(17)10-8-7-9-11(13(18)20-5)16-14(19)22-15(2,3)4/h8,10-11H,6-7,9H2,1-5H3,(H,16,19)/b10-8+/t11-/m0/s1. The van der Waals surface area contributed by atoms with E-state index in [-0.39, 0.29) is 6.42 Å². The van der Waals surface area contributed by atoms with E-state index in [2.05, 4.69) is 10.1 Å². The lowest BCUT2D eigenvalue weighted by molar-refractivity contribution is -0.143. The van der Waals surface area contributed by atoms with E-state index in [1.807, 2.05) is 0 Å². The van der Waals surface area contributed by atoms with Crippen LogP contribution in [0.2, 0.25) is 0 Å². The topological polar surface area (TPSA) is 90.9 Å². The van der Waals surface area contributed by atoms with Gasteiger partial charge < -0.3 is 19.5 Å². The number of hydrogen-bond donors (Lipinski definition) is 1. The summed E-state index contributed by atoms with van der Waals surface area (Å²) in [5, 5.41) is 2.45. The van der Waals surface area contributed by atoms with Crippen molar-refractivity contribution in [2.75, 3.05) is 13.7 Å². The molecule has 0 rings (SSSR count). The van der Waals surface area contributed by atoms with Gasteiger partial charge >= 0.3 is 18.0 Å². The first-order chi connectivity index (χ1) is 10.2. The highest BCUT2D eigenvalue weighted by Gasteiger charge is 2.24. The van der Waals surface area contributed by atoms with Crippen LogP contribution in [-0.2, 0) is 23.8 Å². The van der Waals surface area contributed by atoms with E-state index in [0.717, 1.165) is 0 Å². The molecule has 0 saturated carbocycles. The second-order valence-corrected chi connectivity index (χ2v) is 5.45. The lowest BCUT2D eigenvalue weighted by Crippen LogP contribution is -2.43. The van der Waals surface area contributed by atoms with Crippen molar-refractivity contribution < 1.29 is 28.6 Å². The number of carbonyl (C=O) groups is 3. The molecule has 0 bridgehead atoms. The number of alkyl carbamates (subject to hydrolysis) is 1. The molecule has 7 heteroatoms. The van der Waals surface area contributed by atoms with Crippen LogP contribution in [0, 0.1) is 0 Å². The highest BCUT2D eigenvalue weighted by atomic mass is 16.6. The van der Waals surface area contributed by atoms with Gasteiger partial charge in [0, 0.05) is 6.08 Å². The largest absolute Gasteiger partial charge is 0.467 e. The molecular formula is C15H25NO6. The average molecular weight is 315 g/mol. The van der Waals surface area contributed by atoms with E-state index in [0.29, 0.717) is 13.0 Å². The molecule has 1 atom stereocenters. The number of allylic oxidation sites excluding steroid dienone is 1. The number of nitrogens with one attached hydrogen (secondary N) is 1. The highest BCUT2D eigenvalue weighted by molar-refractivity contribution is 5.82. The molecule has 0 aliphatic heterocycles. The predicted molar refractivity (Wildman–Crippen MR) is 80.2 cm³/mol. The molecule has 0 fully saturated rings. The fraction of sp³-hybridized carbons (Fsp3) is 0.667. The number of methoxy groups -OCH3 is 1. The van der Waals surface area contributed by atoms with E-state index >= 15 is 0 Å². The second kappa shape index (κ2) is 9.81. The average Bonchev–Trinajstić information content (AvgIpc) is 2.39. The first kappa shape index (κ1) is 19.9. The Morgan fingerprint density at radius 3 is 2.36 bits per heavy atom. The Labute approximate surface area is 131 Å². The summed E-state index contributed by atoms with van der Waals surface area (Å²) in [7, 11) is 1.24. The molecule has 0 unspecified atom stereocenters. The summed E-state index contributed by atoms with van der Waals surface area (Å²) in [4.78, 5) is 34.4.